The minimum absolute atomic E-state index is 0.237. The first-order valence-electron chi connectivity index (χ1n) is 10.1. The Hall–Kier alpha value is -3.13. The Morgan fingerprint density at radius 3 is 2.65 bits per heavy atom. The molecule has 3 aromatic rings. The topological polar surface area (TPSA) is 71.8 Å². The van der Waals surface area contributed by atoms with Gasteiger partial charge in [0.25, 0.3) is 5.91 Å². The van der Waals surface area contributed by atoms with E-state index in [9.17, 15) is 9.18 Å². The highest BCUT2D eigenvalue weighted by Gasteiger charge is 2.34. The number of anilines is 2. The standard InChI is InChI=1S/C23H24FN5OS/c1-5-31-23-27-22-25-15(4)19(21(30)26-18-8-6-7-13(2)14(18)3)20(29(22)28-23)16-9-11-17(24)12-10-16/h6-12,20H,5H2,1-4H3,(H,26,30)(H,25,27,28). The van der Waals surface area contributed by atoms with Crippen LogP contribution < -0.4 is 10.6 Å². The van der Waals surface area contributed by atoms with Crippen LogP contribution in [-0.2, 0) is 4.79 Å². The second-order valence-electron chi connectivity index (χ2n) is 7.41. The van der Waals surface area contributed by atoms with Crippen LogP contribution in [0.2, 0.25) is 0 Å². The van der Waals surface area contributed by atoms with Crippen LogP contribution in [0.1, 0.15) is 36.6 Å². The molecule has 0 saturated carbocycles. The molecule has 1 atom stereocenters. The molecule has 2 N–H and O–H groups in total. The van der Waals surface area contributed by atoms with Crippen LogP contribution in [0.3, 0.4) is 0 Å². The fourth-order valence-electron chi connectivity index (χ4n) is 3.65. The molecule has 0 aliphatic carbocycles. The molecule has 2 heterocycles. The Morgan fingerprint density at radius 1 is 1.19 bits per heavy atom. The first kappa shape index (κ1) is 21.1. The molecule has 1 aromatic heterocycles. The van der Waals surface area contributed by atoms with E-state index in [1.165, 1.54) is 23.9 Å². The number of hydrogen-bond acceptors (Lipinski definition) is 5. The summed E-state index contributed by atoms with van der Waals surface area (Å²) in [6, 6.07) is 11.4. The summed E-state index contributed by atoms with van der Waals surface area (Å²) < 4.78 is 15.3. The normalized spacial score (nSPS) is 15.5. The van der Waals surface area contributed by atoms with Crippen molar-refractivity contribution in [2.24, 2.45) is 0 Å². The molecule has 1 aliphatic heterocycles. The summed E-state index contributed by atoms with van der Waals surface area (Å²) in [5.74, 6) is 0.822. The predicted octanol–water partition coefficient (Wildman–Crippen LogP) is 5.07. The van der Waals surface area contributed by atoms with Gasteiger partial charge < -0.3 is 10.6 Å². The second kappa shape index (κ2) is 8.55. The number of benzene rings is 2. The first-order valence-corrected chi connectivity index (χ1v) is 11.1. The molecule has 0 spiro atoms. The molecule has 6 nitrogen and oxygen atoms in total. The van der Waals surface area contributed by atoms with Gasteiger partial charge in [-0.05, 0) is 61.4 Å². The van der Waals surface area contributed by atoms with Gasteiger partial charge in [-0.15, -0.1) is 5.10 Å². The maximum absolute atomic E-state index is 13.6. The van der Waals surface area contributed by atoms with Crippen molar-refractivity contribution in [2.75, 3.05) is 16.4 Å². The lowest BCUT2D eigenvalue weighted by molar-refractivity contribution is -0.113. The number of aromatic nitrogens is 3. The smallest absolute Gasteiger partial charge is 0.255 e. The first-order chi connectivity index (χ1) is 14.9. The van der Waals surface area contributed by atoms with Crippen molar-refractivity contribution < 1.29 is 9.18 Å². The van der Waals surface area contributed by atoms with E-state index in [0.717, 1.165) is 28.1 Å². The highest BCUT2D eigenvalue weighted by atomic mass is 32.2. The van der Waals surface area contributed by atoms with E-state index in [1.54, 1.807) is 16.8 Å². The fraction of sp³-hybridized carbons (Fsp3) is 0.261. The van der Waals surface area contributed by atoms with E-state index in [0.29, 0.717) is 22.4 Å². The molecule has 0 saturated heterocycles. The monoisotopic (exact) mass is 437 g/mol. The van der Waals surface area contributed by atoms with E-state index < -0.39 is 6.04 Å². The van der Waals surface area contributed by atoms with Gasteiger partial charge in [-0.2, -0.15) is 4.98 Å². The van der Waals surface area contributed by atoms with E-state index in [4.69, 9.17) is 0 Å². The Kier molecular flexibility index (Phi) is 5.82. The lowest BCUT2D eigenvalue weighted by atomic mass is 9.95. The van der Waals surface area contributed by atoms with E-state index in [2.05, 4.69) is 20.7 Å². The van der Waals surface area contributed by atoms with E-state index >= 15 is 0 Å². The van der Waals surface area contributed by atoms with Gasteiger partial charge in [0.2, 0.25) is 11.1 Å². The number of rotatable bonds is 5. The molecule has 2 aromatic carbocycles. The zero-order chi connectivity index (χ0) is 22.1. The molecule has 0 radical (unpaired) electrons. The number of thioether (sulfide) groups is 1. The quantitative estimate of drug-likeness (QED) is 0.545. The van der Waals surface area contributed by atoms with Gasteiger partial charge in [-0.3, -0.25) is 4.79 Å². The highest BCUT2D eigenvalue weighted by Crippen LogP contribution is 2.37. The molecule has 31 heavy (non-hydrogen) atoms. The number of nitrogens with one attached hydrogen (secondary N) is 2. The number of carbonyl (C=O) groups is 1. The lowest BCUT2D eigenvalue weighted by Crippen LogP contribution is -2.31. The molecule has 4 rings (SSSR count). The Labute approximate surface area is 185 Å². The van der Waals surface area contributed by atoms with Crippen molar-refractivity contribution in [3.63, 3.8) is 0 Å². The maximum Gasteiger partial charge on any atom is 0.255 e. The van der Waals surface area contributed by atoms with Crippen LogP contribution in [0.5, 0.6) is 0 Å². The van der Waals surface area contributed by atoms with Gasteiger partial charge in [-0.1, -0.05) is 43.0 Å². The van der Waals surface area contributed by atoms with Crippen LogP contribution in [-0.4, -0.2) is 26.4 Å². The largest absolute Gasteiger partial charge is 0.328 e. The van der Waals surface area contributed by atoms with Gasteiger partial charge in [0.05, 0.1) is 5.57 Å². The molecular formula is C23H24FN5OS. The molecule has 1 amide bonds. The maximum atomic E-state index is 13.6. The van der Waals surface area contributed by atoms with Crippen molar-refractivity contribution in [1.29, 1.82) is 0 Å². The van der Waals surface area contributed by atoms with Gasteiger partial charge in [0.15, 0.2) is 0 Å². The molecule has 0 fully saturated rings. The number of nitrogens with zero attached hydrogens (tertiary/aromatic N) is 3. The van der Waals surface area contributed by atoms with Gasteiger partial charge >= 0.3 is 0 Å². The summed E-state index contributed by atoms with van der Waals surface area (Å²) in [4.78, 5) is 18.0. The number of fused-ring (bicyclic) bond motifs is 1. The van der Waals surface area contributed by atoms with Crippen molar-refractivity contribution in [2.45, 2.75) is 38.9 Å². The van der Waals surface area contributed by atoms with Crippen LogP contribution in [0.25, 0.3) is 0 Å². The fourth-order valence-corrected chi connectivity index (χ4v) is 4.20. The van der Waals surface area contributed by atoms with Gasteiger partial charge in [-0.25, -0.2) is 9.07 Å². The summed E-state index contributed by atoms with van der Waals surface area (Å²) in [7, 11) is 0. The zero-order valence-corrected chi connectivity index (χ0v) is 18.7. The van der Waals surface area contributed by atoms with Crippen LogP contribution in [0.4, 0.5) is 16.0 Å². The summed E-state index contributed by atoms with van der Waals surface area (Å²) >= 11 is 1.52. The minimum atomic E-state index is -0.527. The lowest BCUT2D eigenvalue weighted by Gasteiger charge is -2.29. The van der Waals surface area contributed by atoms with E-state index in [1.807, 2.05) is 45.9 Å². The molecular weight excluding hydrogens is 413 g/mol. The van der Waals surface area contributed by atoms with Crippen molar-refractivity contribution in [3.8, 4) is 0 Å². The summed E-state index contributed by atoms with van der Waals surface area (Å²) in [6.45, 7) is 7.86. The van der Waals surface area contributed by atoms with Gasteiger partial charge in [0, 0.05) is 11.4 Å². The Balaban J connectivity index is 1.78. The number of amides is 1. The number of hydrogen-bond donors (Lipinski definition) is 2. The Morgan fingerprint density at radius 2 is 1.94 bits per heavy atom. The van der Waals surface area contributed by atoms with E-state index in [-0.39, 0.29) is 11.7 Å². The molecule has 1 aliphatic rings. The molecule has 160 valence electrons. The van der Waals surface area contributed by atoms with Crippen LogP contribution >= 0.6 is 11.8 Å². The number of halogens is 1. The summed E-state index contributed by atoms with van der Waals surface area (Å²) in [6.07, 6.45) is 0. The summed E-state index contributed by atoms with van der Waals surface area (Å²) in [5.41, 5.74) is 4.82. The van der Waals surface area contributed by atoms with Crippen molar-refractivity contribution >= 4 is 29.3 Å². The van der Waals surface area contributed by atoms with Gasteiger partial charge in [0.1, 0.15) is 11.9 Å². The third-order valence-electron chi connectivity index (χ3n) is 5.39. The highest BCUT2D eigenvalue weighted by molar-refractivity contribution is 7.99. The van der Waals surface area contributed by atoms with Crippen molar-refractivity contribution in [3.05, 3.63) is 76.2 Å². The number of allylic oxidation sites excluding steroid dienone is 1. The molecule has 1 unspecified atom stereocenters. The average Bonchev–Trinajstić information content (AvgIpc) is 3.13. The number of carbonyl (C=O) groups excluding carboxylic acids is 1. The summed E-state index contributed by atoms with van der Waals surface area (Å²) in [5, 5.41) is 11.5. The zero-order valence-electron chi connectivity index (χ0n) is 17.9. The Bertz CT molecular complexity index is 1170. The molecule has 8 heteroatoms. The SMILES string of the molecule is CCSc1nc2n(n1)C(c1ccc(F)cc1)C(C(=O)Nc1cccc(C)c1C)=C(C)N2. The molecule has 0 bridgehead atoms. The van der Waals surface area contributed by atoms with Crippen LogP contribution in [0.15, 0.2) is 58.9 Å². The third kappa shape index (κ3) is 4.07. The van der Waals surface area contributed by atoms with Crippen LogP contribution in [0, 0.1) is 19.7 Å². The second-order valence-corrected chi connectivity index (χ2v) is 8.65. The minimum Gasteiger partial charge on any atom is -0.328 e. The predicted molar refractivity (Wildman–Crippen MR) is 122 cm³/mol. The number of aryl methyl sites for hydroxylation is 1. The average molecular weight is 438 g/mol. The third-order valence-corrected chi connectivity index (χ3v) is 6.11. The van der Waals surface area contributed by atoms with Crippen molar-refractivity contribution in [1.82, 2.24) is 14.8 Å².